The molecule has 4 heterocycles. The number of nitrogens with one attached hydrogen (secondary N) is 1. The Balaban J connectivity index is 1.48. The Morgan fingerprint density at radius 1 is 0.975 bits per heavy atom. The number of amides is 2. The van der Waals surface area contributed by atoms with Gasteiger partial charge in [-0.2, -0.15) is 0 Å². The molecule has 200 valence electrons. The minimum atomic E-state index is -1.20. The molecular weight excluding hydrogens is 508 g/mol. The molecule has 3 aliphatic rings. The molecule has 2 fully saturated rings. The fourth-order valence-corrected chi connectivity index (χ4v) is 6.94. The minimum Gasteiger partial charge on any atom is -0.478 e. The number of carbonyl (C=O) groups excluding carboxylic acids is 2. The van der Waals surface area contributed by atoms with Crippen LogP contribution in [0.1, 0.15) is 42.0 Å². The summed E-state index contributed by atoms with van der Waals surface area (Å²) in [5.41, 5.74) is 0.855. The molecule has 1 spiro atoms. The number of hydrogen-bond donors (Lipinski definition) is 2. The van der Waals surface area contributed by atoms with E-state index in [0.29, 0.717) is 34.5 Å². The summed E-state index contributed by atoms with van der Waals surface area (Å²) in [6.07, 6.45) is 0.633. The van der Waals surface area contributed by atoms with Crippen LogP contribution in [0.5, 0.6) is 0 Å². The van der Waals surface area contributed by atoms with Crippen molar-refractivity contribution < 1.29 is 19.5 Å². The highest BCUT2D eigenvalue weighted by Crippen LogP contribution is 2.56. The van der Waals surface area contributed by atoms with E-state index in [9.17, 15) is 24.3 Å². The average molecular weight is 535 g/mol. The molecule has 0 radical (unpaired) electrons. The molecule has 3 aromatic carbocycles. The van der Waals surface area contributed by atoms with E-state index >= 15 is 0 Å². The van der Waals surface area contributed by atoms with Gasteiger partial charge in [-0.3, -0.25) is 24.3 Å². The monoisotopic (exact) mass is 534 g/mol. The maximum atomic E-state index is 14.4. The number of carboxylic acids is 1. The Morgan fingerprint density at radius 3 is 2.40 bits per heavy atom. The SMILES string of the molecule is CC(C)C[C@@H]1N[C@]2(c3ccccc3-n3c2nc2ccccc2c3=O)[C@H]2C(=O)N(c3ccc(C(=O)O)cc3)C(=O)[C@H]12. The number of rotatable bonds is 4. The van der Waals surface area contributed by atoms with Gasteiger partial charge in [0.1, 0.15) is 11.4 Å². The van der Waals surface area contributed by atoms with Gasteiger partial charge in [-0.1, -0.05) is 44.2 Å². The molecule has 7 rings (SSSR count). The number of benzene rings is 3. The molecule has 9 heteroatoms. The Kier molecular flexibility index (Phi) is 5.15. The van der Waals surface area contributed by atoms with Gasteiger partial charge in [-0.25, -0.2) is 14.7 Å². The fraction of sp³-hybridized carbons (Fsp3) is 0.258. The Labute approximate surface area is 229 Å². The zero-order valence-electron chi connectivity index (χ0n) is 21.9. The largest absolute Gasteiger partial charge is 0.478 e. The maximum absolute atomic E-state index is 14.4. The van der Waals surface area contributed by atoms with Crippen LogP contribution in [0.3, 0.4) is 0 Å². The van der Waals surface area contributed by atoms with Crippen LogP contribution in [0.2, 0.25) is 0 Å². The minimum absolute atomic E-state index is 0.0629. The first-order chi connectivity index (χ1) is 19.2. The second kappa shape index (κ2) is 8.43. The molecular formula is C31H26N4O5. The van der Waals surface area contributed by atoms with E-state index < -0.39 is 29.3 Å². The number of para-hydroxylation sites is 2. The summed E-state index contributed by atoms with van der Waals surface area (Å²) in [6, 6.07) is 20.0. The lowest BCUT2D eigenvalue weighted by Crippen LogP contribution is -2.50. The predicted molar refractivity (Wildman–Crippen MR) is 147 cm³/mol. The number of imide groups is 1. The van der Waals surface area contributed by atoms with E-state index in [1.54, 1.807) is 22.8 Å². The van der Waals surface area contributed by atoms with Gasteiger partial charge in [0.15, 0.2) is 0 Å². The zero-order chi connectivity index (χ0) is 27.9. The molecule has 3 aliphatic heterocycles. The Morgan fingerprint density at radius 2 is 1.68 bits per heavy atom. The highest BCUT2D eigenvalue weighted by molar-refractivity contribution is 6.23. The molecule has 2 amide bonds. The Bertz CT molecular complexity index is 1810. The summed E-state index contributed by atoms with van der Waals surface area (Å²) in [5.74, 6) is -2.76. The van der Waals surface area contributed by atoms with E-state index in [4.69, 9.17) is 4.98 Å². The molecule has 4 atom stereocenters. The maximum Gasteiger partial charge on any atom is 0.335 e. The molecule has 2 N–H and O–H groups in total. The van der Waals surface area contributed by atoms with Crippen LogP contribution in [0, 0.1) is 17.8 Å². The second-order valence-electron chi connectivity index (χ2n) is 11.2. The van der Waals surface area contributed by atoms with Crippen molar-refractivity contribution in [1.29, 1.82) is 0 Å². The van der Waals surface area contributed by atoms with Crippen molar-refractivity contribution in [2.75, 3.05) is 4.90 Å². The number of aromatic carboxylic acids is 1. The summed E-state index contributed by atoms with van der Waals surface area (Å²) in [4.78, 5) is 60.0. The van der Waals surface area contributed by atoms with Crippen molar-refractivity contribution in [3.8, 4) is 5.69 Å². The fourth-order valence-electron chi connectivity index (χ4n) is 6.94. The van der Waals surface area contributed by atoms with E-state index in [1.807, 2.05) is 30.3 Å². The van der Waals surface area contributed by atoms with Gasteiger partial charge in [0.25, 0.3) is 5.56 Å². The van der Waals surface area contributed by atoms with Gasteiger partial charge in [0.2, 0.25) is 11.8 Å². The number of aromatic nitrogens is 2. The van der Waals surface area contributed by atoms with Gasteiger partial charge in [-0.05, 0) is 54.8 Å². The highest BCUT2D eigenvalue weighted by atomic mass is 16.4. The molecule has 9 nitrogen and oxygen atoms in total. The lowest BCUT2D eigenvalue weighted by Gasteiger charge is -2.32. The van der Waals surface area contributed by atoms with Crippen molar-refractivity contribution in [3.63, 3.8) is 0 Å². The third kappa shape index (κ3) is 3.09. The Hall–Kier alpha value is -4.63. The molecule has 0 saturated carbocycles. The third-order valence-corrected chi connectivity index (χ3v) is 8.46. The molecule has 0 bridgehead atoms. The average Bonchev–Trinajstić information content (AvgIpc) is 3.51. The number of carboxylic acid groups (broad SMARTS) is 1. The smallest absolute Gasteiger partial charge is 0.335 e. The van der Waals surface area contributed by atoms with Gasteiger partial charge >= 0.3 is 5.97 Å². The topological polar surface area (TPSA) is 122 Å². The van der Waals surface area contributed by atoms with Crippen LogP contribution in [0.4, 0.5) is 5.69 Å². The summed E-state index contributed by atoms with van der Waals surface area (Å²) >= 11 is 0. The molecule has 4 aromatic rings. The molecule has 0 unspecified atom stereocenters. The summed E-state index contributed by atoms with van der Waals surface area (Å²) in [6.45, 7) is 4.14. The molecule has 2 saturated heterocycles. The number of anilines is 1. The van der Waals surface area contributed by atoms with Crippen molar-refractivity contribution in [2.24, 2.45) is 17.8 Å². The molecule has 0 aliphatic carbocycles. The molecule has 1 aromatic heterocycles. The number of nitrogens with zero attached hydrogens (tertiary/aromatic N) is 3. The van der Waals surface area contributed by atoms with Crippen molar-refractivity contribution in [2.45, 2.75) is 31.8 Å². The lowest BCUT2D eigenvalue weighted by molar-refractivity contribution is -0.123. The quantitative estimate of drug-likeness (QED) is 0.385. The van der Waals surface area contributed by atoms with Gasteiger partial charge in [0, 0.05) is 11.6 Å². The predicted octanol–water partition coefficient (Wildman–Crippen LogP) is 3.46. The third-order valence-electron chi connectivity index (χ3n) is 8.46. The van der Waals surface area contributed by atoms with Crippen molar-refractivity contribution in [3.05, 3.63) is 100 Å². The van der Waals surface area contributed by atoms with Crippen LogP contribution >= 0.6 is 0 Å². The lowest BCUT2D eigenvalue weighted by atomic mass is 9.75. The normalized spacial score (nSPS) is 24.7. The van der Waals surface area contributed by atoms with Crippen molar-refractivity contribution in [1.82, 2.24) is 14.9 Å². The van der Waals surface area contributed by atoms with Gasteiger partial charge < -0.3 is 5.11 Å². The van der Waals surface area contributed by atoms with Crippen molar-refractivity contribution >= 4 is 34.4 Å². The number of hydrogen-bond acceptors (Lipinski definition) is 6. The molecule has 40 heavy (non-hydrogen) atoms. The first-order valence-electron chi connectivity index (χ1n) is 13.3. The van der Waals surface area contributed by atoms with Crippen LogP contribution in [-0.4, -0.2) is 38.5 Å². The summed E-state index contributed by atoms with van der Waals surface area (Å²) in [5, 5.41) is 13.5. The standard InChI is InChI=1S/C31H26N4O5/c1-16(2)15-22-24-25(28(38)34(27(24)37)18-13-11-17(12-14-18)29(39)40)31(33-22)20-8-4-6-10-23(20)35-26(36)19-7-3-5-9-21(19)32-30(31)35/h3-14,16,22,24-25,33H,15H2,1-2H3,(H,39,40)/t22-,24+,25+,31+/m0/s1. The summed E-state index contributed by atoms with van der Waals surface area (Å²) in [7, 11) is 0. The number of carbonyl (C=O) groups is 3. The van der Waals surface area contributed by atoms with Gasteiger partial charge in [0.05, 0.1) is 39.7 Å². The summed E-state index contributed by atoms with van der Waals surface area (Å²) < 4.78 is 1.58. The van der Waals surface area contributed by atoms with Crippen LogP contribution in [0.25, 0.3) is 16.6 Å². The highest BCUT2D eigenvalue weighted by Gasteiger charge is 2.69. The van der Waals surface area contributed by atoms with E-state index in [0.717, 1.165) is 5.56 Å². The van der Waals surface area contributed by atoms with Crippen LogP contribution < -0.4 is 15.8 Å². The van der Waals surface area contributed by atoms with Crippen LogP contribution in [-0.2, 0) is 15.1 Å². The van der Waals surface area contributed by atoms with E-state index in [-0.39, 0.29) is 29.0 Å². The van der Waals surface area contributed by atoms with Gasteiger partial charge in [-0.15, -0.1) is 0 Å². The second-order valence-corrected chi connectivity index (χ2v) is 11.2. The van der Waals surface area contributed by atoms with E-state index in [1.165, 1.54) is 29.2 Å². The first kappa shape index (κ1) is 24.4. The van der Waals surface area contributed by atoms with Crippen LogP contribution in [0.15, 0.2) is 77.6 Å². The number of fused-ring (bicyclic) bond motifs is 8. The zero-order valence-corrected chi connectivity index (χ0v) is 21.9. The first-order valence-corrected chi connectivity index (χ1v) is 13.3. The van der Waals surface area contributed by atoms with E-state index in [2.05, 4.69) is 19.2 Å².